The minimum absolute atomic E-state index is 0.172. The van der Waals surface area contributed by atoms with E-state index in [0.717, 1.165) is 75.3 Å². The molecule has 30 heavy (non-hydrogen) atoms. The summed E-state index contributed by atoms with van der Waals surface area (Å²) in [7, 11) is 3.61. The van der Waals surface area contributed by atoms with Crippen molar-refractivity contribution in [2.45, 2.75) is 44.3 Å². The summed E-state index contributed by atoms with van der Waals surface area (Å²) in [4.78, 5) is 15.0. The van der Waals surface area contributed by atoms with Crippen molar-refractivity contribution in [3.63, 3.8) is 0 Å². The Hall–Kier alpha value is -1.99. The summed E-state index contributed by atoms with van der Waals surface area (Å²) in [5.41, 5.74) is 2.13. The fraction of sp³-hybridized carbons (Fsp3) is 0.696. The summed E-state index contributed by atoms with van der Waals surface area (Å²) in [5, 5.41) is 6.80. The number of nitrogens with one attached hydrogen (secondary N) is 2. The molecule has 2 saturated heterocycles. The molecule has 1 aromatic rings. The van der Waals surface area contributed by atoms with Gasteiger partial charge in [0.2, 0.25) is 5.91 Å². The van der Waals surface area contributed by atoms with Crippen LogP contribution in [0, 0.1) is 11.8 Å². The minimum atomic E-state index is -0.410. The number of nitrogens with zero attached hydrogens (tertiary/aromatic N) is 1. The Bertz CT molecular complexity index is 717. The average molecular weight is 418 g/mol. The Morgan fingerprint density at radius 2 is 1.83 bits per heavy atom. The molecular formula is C23H35N3O4. The van der Waals surface area contributed by atoms with Gasteiger partial charge in [0.05, 0.1) is 31.7 Å². The molecule has 3 aliphatic rings. The van der Waals surface area contributed by atoms with Crippen LogP contribution in [0.2, 0.25) is 0 Å². The van der Waals surface area contributed by atoms with Gasteiger partial charge >= 0.3 is 0 Å². The largest absolute Gasteiger partial charge is 0.497 e. The maximum atomic E-state index is 13.0. The third-order valence-corrected chi connectivity index (χ3v) is 6.92. The summed E-state index contributed by atoms with van der Waals surface area (Å²) in [6.07, 6.45) is 5.74. The number of rotatable bonds is 6. The second kappa shape index (κ2) is 9.43. The van der Waals surface area contributed by atoms with Crippen LogP contribution in [0.15, 0.2) is 18.2 Å². The highest BCUT2D eigenvalue weighted by atomic mass is 16.7. The highest BCUT2D eigenvalue weighted by Gasteiger charge is 2.41. The van der Waals surface area contributed by atoms with Crippen molar-refractivity contribution in [2.75, 3.05) is 57.6 Å². The molecule has 1 spiro atoms. The Morgan fingerprint density at radius 1 is 1.13 bits per heavy atom. The lowest BCUT2D eigenvalue weighted by atomic mass is 9.81. The van der Waals surface area contributed by atoms with Crippen molar-refractivity contribution in [3.8, 4) is 5.75 Å². The lowest BCUT2D eigenvalue weighted by molar-refractivity contribution is -0.188. The van der Waals surface area contributed by atoms with Crippen molar-refractivity contribution in [1.29, 1.82) is 0 Å². The lowest BCUT2D eigenvalue weighted by Gasteiger charge is -2.39. The maximum Gasteiger partial charge on any atom is 0.225 e. The summed E-state index contributed by atoms with van der Waals surface area (Å²) < 4.78 is 16.9. The second-order valence-electron chi connectivity index (χ2n) is 8.69. The molecule has 0 bridgehead atoms. The molecule has 0 aromatic heterocycles. The van der Waals surface area contributed by atoms with Crippen molar-refractivity contribution < 1.29 is 19.0 Å². The molecule has 0 radical (unpaired) electrons. The first kappa shape index (κ1) is 21.2. The van der Waals surface area contributed by atoms with Crippen molar-refractivity contribution in [2.24, 2.45) is 11.8 Å². The quantitative estimate of drug-likeness (QED) is 0.740. The first-order valence-electron chi connectivity index (χ1n) is 11.3. The van der Waals surface area contributed by atoms with E-state index in [4.69, 9.17) is 14.2 Å². The third-order valence-electron chi connectivity index (χ3n) is 6.92. The van der Waals surface area contributed by atoms with E-state index in [1.165, 1.54) is 0 Å². The zero-order valence-corrected chi connectivity index (χ0v) is 18.2. The van der Waals surface area contributed by atoms with E-state index in [1.54, 1.807) is 7.11 Å². The van der Waals surface area contributed by atoms with Crippen LogP contribution in [-0.4, -0.2) is 63.6 Å². The summed E-state index contributed by atoms with van der Waals surface area (Å²) in [5.74, 6) is 1.54. The highest BCUT2D eigenvalue weighted by Crippen LogP contribution is 2.35. The number of methoxy groups -OCH3 is 1. The molecule has 0 atom stereocenters. The van der Waals surface area contributed by atoms with E-state index >= 15 is 0 Å². The first-order valence-corrected chi connectivity index (χ1v) is 11.3. The molecule has 4 rings (SSSR count). The SMILES string of the molecule is CNc1ccc(OC)cc1NCC1CCC(C(=O)N2CCC3(CC2)OCCO3)CC1. The first-order chi connectivity index (χ1) is 14.6. The van der Waals surface area contributed by atoms with E-state index in [-0.39, 0.29) is 5.92 Å². The summed E-state index contributed by atoms with van der Waals surface area (Å²) in [6.45, 7) is 3.78. The van der Waals surface area contributed by atoms with Crippen LogP contribution in [0.5, 0.6) is 5.75 Å². The molecule has 7 heteroatoms. The van der Waals surface area contributed by atoms with Crippen molar-refractivity contribution in [1.82, 2.24) is 4.90 Å². The predicted molar refractivity (Wildman–Crippen MR) is 117 cm³/mol. The van der Waals surface area contributed by atoms with E-state index < -0.39 is 5.79 Å². The molecule has 1 aliphatic carbocycles. The molecule has 166 valence electrons. The number of carbonyl (C=O) groups is 1. The van der Waals surface area contributed by atoms with Crippen LogP contribution in [0.1, 0.15) is 38.5 Å². The predicted octanol–water partition coefficient (Wildman–Crippen LogP) is 3.32. The van der Waals surface area contributed by atoms with Gasteiger partial charge in [0, 0.05) is 51.5 Å². The van der Waals surface area contributed by atoms with Gasteiger partial charge in [-0.25, -0.2) is 0 Å². The molecule has 2 N–H and O–H groups in total. The number of amides is 1. The van der Waals surface area contributed by atoms with Crippen LogP contribution in [-0.2, 0) is 14.3 Å². The Morgan fingerprint density at radius 3 is 2.47 bits per heavy atom. The Labute approximate surface area is 179 Å². The zero-order valence-electron chi connectivity index (χ0n) is 18.2. The minimum Gasteiger partial charge on any atom is -0.497 e. The van der Waals surface area contributed by atoms with Crippen LogP contribution in [0.4, 0.5) is 11.4 Å². The maximum absolute atomic E-state index is 13.0. The number of anilines is 2. The van der Waals surface area contributed by atoms with Gasteiger partial charge in [-0.3, -0.25) is 4.79 Å². The van der Waals surface area contributed by atoms with Crippen LogP contribution >= 0.6 is 0 Å². The number of ether oxygens (including phenoxy) is 3. The normalized spacial score (nSPS) is 25.9. The van der Waals surface area contributed by atoms with Gasteiger partial charge in [-0.15, -0.1) is 0 Å². The van der Waals surface area contributed by atoms with E-state index in [9.17, 15) is 4.79 Å². The number of benzene rings is 1. The van der Waals surface area contributed by atoms with E-state index in [0.29, 0.717) is 25.0 Å². The van der Waals surface area contributed by atoms with Gasteiger partial charge in [-0.2, -0.15) is 0 Å². The number of piperidine rings is 1. The molecule has 1 amide bonds. The van der Waals surface area contributed by atoms with Crippen molar-refractivity contribution >= 4 is 17.3 Å². The van der Waals surface area contributed by atoms with Crippen LogP contribution in [0.3, 0.4) is 0 Å². The van der Waals surface area contributed by atoms with Gasteiger partial charge in [0.1, 0.15) is 5.75 Å². The molecule has 7 nitrogen and oxygen atoms in total. The lowest BCUT2D eigenvalue weighted by Crippen LogP contribution is -2.49. The number of carbonyl (C=O) groups excluding carboxylic acids is 1. The number of likely N-dealkylation sites (tertiary alicyclic amines) is 1. The van der Waals surface area contributed by atoms with Gasteiger partial charge in [-0.1, -0.05) is 0 Å². The summed E-state index contributed by atoms with van der Waals surface area (Å²) >= 11 is 0. The standard InChI is InChI=1S/C23H35N3O4/c1-24-20-8-7-19(28-2)15-21(20)25-16-17-3-5-18(6-4-17)22(27)26-11-9-23(10-12-26)29-13-14-30-23/h7-8,15,17-18,24-25H,3-6,9-14,16H2,1-2H3. The fourth-order valence-electron chi connectivity index (χ4n) is 4.99. The van der Waals surface area contributed by atoms with Gasteiger partial charge in [0.15, 0.2) is 5.79 Å². The molecule has 2 heterocycles. The molecule has 1 aromatic carbocycles. The fourth-order valence-corrected chi connectivity index (χ4v) is 4.99. The topological polar surface area (TPSA) is 72.1 Å². The smallest absolute Gasteiger partial charge is 0.225 e. The average Bonchev–Trinajstić information content (AvgIpc) is 3.25. The van der Waals surface area contributed by atoms with Crippen LogP contribution < -0.4 is 15.4 Å². The van der Waals surface area contributed by atoms with Crippen molar-refractivity contribution in [3.05, 3.63) is 18.2 Å². The molecule has 0 unspecified atom stereocenters. The second-order valence-corrected chi connectivity index (χ2v) is 8.69. The van der Waals surface area contributed by atoms with Crippen LogP contribution in [0.25, 0.3) is 0 Å². The molecular weight excluding hydrogens is 382 g/mol. The zero-order chi connectivity index (χ0) is 21.0. The molecule has 2 aliphatic heterocycles. The highest BCUT2D eigenvalue weighted by molar-refractivity contribution is 5.79. The Balaban J connectivity index is 1.23. The number of hydrogen-bond donors (Lipinski definition) is 2. The monoisotopic (exact) mass is 417 g/mol. The van der Waals surface area contributed by atoms with Gasteiger partial charge < -0.3 is 29.7 Å². The van der Waals surface area contributed by atoms with Gasteiger partial charge in [-0.05, 0) is 43.7 Å². The van der Waals surface area contributed by atoms with E-state index in [2.05, 4.69) is 10.6 Å². The van der Waals surface area contributed by atoms with Gasteiger partial charge in [0.25, 0.3) is 0 Å². The third kappa shape index (κ3) is 4.67. The number of hydrogen-bond acceptors (Lipinski definition) is 6. The molecule has 1 saturated carbocycles. The van der Waals surface area contributed by atoms with E-state index in [1.807, 2.05) is 30.1 Å². The summed E-state index contributed by atoms with van der Waals surface area (Å²) in [6, 6.07) is 6.02. The Kier molecular flexibility index (Phi) is 6.68. The molecule has 3 fully saturated rings.